The maximum atomic E-state index is 13.2. The van der Waals surface area contributed by atoms with Crippen LogP contribution in [0.15, 0.2) is 48.5 Å². The molecule has 2 saturated heterocycles. The van der Waals surface area contributed by atoms with Crippen LogP contribution < -0.4 is 5.32 Å². The monoisotopic (exact) mass is 550 g/mol. The van der Waals surface area contributed by atoms with Gasteiger partial charge in [-0.15, -0.1) is 0 Å². The molecule has 1 N–H and O–H groups in total. The van der Waals surface area contributed by atoms with Gasteiger partial charge in [0.2, 0.25) is 11.8 Å². The average molecular weight is 551 g/mol. The fourth-order valence-corrected chi connectivity index (χ4v) is 5.54. The van der Waals surface area contributed by atoms with Crippen molar-refractivity contribution in [2.45, 2.75) is 77.4 Å². The molecule has 214 valence electrons. The van der Waals surface area contributed by atoms with E-state index in [-0.39, 0.29) is 49.0 Å². The van der Waals surface area contributed by atoms with E-state index in [0.29, 0.717) is 24.2 Å². The third-order valence-electron chi connectivity index (χ3n) is 7.89. The summed E-state index contributed by atoms with van der Waals surface area (Å²) in [5.41, 5.74) is 1.98. The van der Waals surface area contributed by atoms with Crippen LogP contribution in [0.1, 0.15) is 74.7 Å². The van der Waals surface area contributed by atoms with E-state index >= 15 is 0 Å². The first-order valence-corrected chi connectivity index (χ1v) is 14.3. The van der Waals surface area contributed by atoms with Crippen molar-refractivity contribution in [3.63, 3.8) is 0 Å². The standard InChI is InChI=1S/C25H27FN4O4.C6H12/c1-16-24(33)28(13-11-18-3-7-20(26)8-4-18)15-22-29(14-12-23(32)30(16)22)25(34)27-21-9-5-19(6-10-21)17(2)31;1-2-4-6-5-3-1/h3-10,16,22H,11-15H2,1-2H3,(H,27,34);1-6H2/t16-,22+;/m0./s1. The molecule has 2 aromatic rings. The summed E-state index contributed by atoms with van der Waals surface area (Å²) in [5.74, 6) is -0.710. The first-order chi connectivity index (χ1) is 19.2. The van der Waals surface area contributed by atoms with Crippen LogP contribution in [0.3, 0.4) is 0 Å². The maximum Gasteiger partial charge on any atom is 0.323 e. The lowest BCUT2D eigenvalue weighted by Gasteiger charge is -2.51. The lowest BCUT2D eigenvalue weighted by atomic mass is 10.0. The molecule has 1 aliphatic carbocycles. The number of hydrogen-bond acceptors (Lipinski definition) is 4. The minimum Gasteiger partial charge on any atom is -0.337 e. The van der Waals surface area contributed by atoms with Crippen molar-refractivity contribution in [2.75, 3.05) is 25.0 Å². The van der Waals surface area contributed by atoms with E-state index in [0.717, 1.165) is 5.56 Å². The third kappa shape index (κ3) is 7.25. The van der Waals surface area contributed by atoms with Gasteiger partial charge in [-0.3, -0.25) is 14.4 Å². The van der Waals surface area contributed by atoms with Crippen LogP contribution in [0.25, 0.3) is 0 Å². The zero-order valence-electron chi connectivity index (χ0n) is 23.4. The molecule has 8 nitrogen and oxygen atoms in total. The Balaban J connectivity index is 0.000000546. The summed E-state index contributed by atoms with van der Waals surface area (Å²) in [6.45, 7) is 3.99. The lowest BCUT2D eigenvalue weighted by Crippen LogP contribution is -2.71. The Hall–Kier alpha value is -3.75. The van der Waals surface area contributed by atoms with Crippen molar-refractivity contribution < 1.29 is 23.6 Å². The van der Waals surface area contributed by atoms with Crippen LogP contribution in [-0.2, 0) is 16.0 Å². The van der Waals surface area contributed by atoms with Gasteiger partial charge in [0.05, 0.1) is 6.54 Å². The minimum absolute atomic E-state index is 0.0651. The van der Waals surface area contributed by atoms with E-state index in [9.17, 15) is 23.6 Å². The minimum atomic E-state index is -0.690. The highest BCUT2D eigenvalue weighted by atomic mass is 19.1. The van der Waals surface area contributed by atoms with Crippen LogP contribution in [0.4, 0.5) is 14.9 Å². The number of hydrogen-bond donors (Lipinski definition) is 1. The van der Waals surface area contributed by atoms with Crippen molar-refractivity contribution in [1.82, 2.24) is 14.7 Å². The summed E-state index contributed by atoms with van der Waals surface area (Å²) >= 11 is 0. The number of urea groups is 1. The summed E-state index contributed by atoms with van der Waals surface area (Å²) in [6.07, 6.45) is 9.09. The van der Waals surface area contributed by atoms with Gasteiger partial charge in [0.1, 0.15) is 18.0 Å². The molecular formula is C31H39FN4O4. The van der Waals surface area contributed by atoms with E-state index in [2.05, 4.69) is 5.32 Å². The largest absolute Gasteiger partial charge is 0.337 e. The molecule has 5 rings (SSSR count). The first-order valence-electron chi connectivity index (χ1n) is 14.3. The van der Waals surface area contributed by atoms with Crippen LogP contribution in [0.2, 0.25) is 0 Å². The molecule has 0 spiro atoms. The molecule has 2 atom stereocenters. The molecule has 3 fully saturated rings. The number of rotatable bonds is 5. The summed E-state index contributed by atoms with van der Waals surface area (Å²) in [4.78, 5) is 55.0. The summed E-state index contributed by atoms with van der Waals surface area (Å²) < 4.78 is 13.2. The van der Waals surface area contributed by atoms with E-state index in [1.165, 1.54) is 62.5 Å². The summed E-state index contributed by atoms with van der Waals surface area (Å²) in [6, 6.07) is 11.7. The van der Waals surface area contributed by atoms with Crippen molar-refractivity contribution in [3.8, 4) is 0 Å². The van der Waals surface area contributed by atoms with Gasteiger partial charge in [-0.25, -0.2) is 9.18 Å². The predicted molar refractivity (Wildman–Crippen MR) is 151 cm³/mol. The molecule has 2 aromatic carbocycles. The second-order valence-electron chi connectivity index (χ2n) is 10.7. The molecule has 4 amide bonds. The Morgan fingerprint density at radius 2 is 1.52 bits per heavy atom. The van der Waals surface area contributed by atoms with Gasteiger partial charge < -0.3 is 20.0 Å². The zero-order valence-corrected chi connectivity index (χ0v) is 23.4. The molecular weight excluding hydrogens is 511 g/mol. The van der Waals surface area contributed by atoms with Crippen LogP contribution in [-0.4, -0.2) is 70.2 Å². The summed E-state index contributed by atoms with van der Waals surface area (Å²) in [7, 11) is 0. The maximum absolute atomic E-state index is 13.2. The van der Waals surface area contributed by atoms with Gasteiger partial charge in [0.25, 0.3) is 0 Å². The van der Waals surface area contributed by atoms with E-state index in [4.69, 9.17) is 0 Å². The van der Waals surface area contributed by atoms with E-state index in [1.54, 1.807) is 53.1 Å². The second kappa shape index (κ2) is 13.5. The van der Waals surface area contributed by atoms with Gasteiger partial charge in [0, 0.05) is 30.8 Å². The molecule has 2 heterocycles. The van der Waals surface area contributed by atoms with Crippen molar-refractivity contribution in [3.05, 3.63) is 65.5 Å². The number of nitrogens with zero attached hydrogens (tertiary/aromatic N) is 3. The highest BCUT2D eigenvalue weighted by Gasteiger charge is 2.46. The van der Waals surface area contributed by atoms with Gasteiger partial charge in [-0.2, -0.15) is 0 Å². The van der Waals surface area contributed by atoms with E-state index < -0.39 is 12.2 Å². The van der Waals surface area contributed by atoms with Crippen molar-refractivity contribution in [2.24, 2.45) is 0 Å². The smallest absolute Gasteiger partial charge is 0.323 e. The number of fused-ring (bicyclic) bond motifs is 1. The number of Topliss-reactive ketones (excluding diaryl/α,β-unsaturated/α-hetero) is 1. The number of amides is 4. The van der Waals surface area contributed by atoms with Crippen molar-refractivity contribution in [1.29, 1.82) is 0 Å². The van der Waals surface area contributed by atoms with Gasteiger partial charge in [-0.1, -0.05) is 50.7 Å². The number of benzene rings is 2. The number of carbonyl (C=O) groups is 4. The van der Waals surface area contributed by atoms with Gasteiger partial charge >= 0.3 is 6.03 Å². The Bertz CT molecular complexity index is 1190. The Labute approximate surface area is 235 Å². The van der Waals surface area contributed by atoms with Gasteiger partial charge in [-0.05, 0) is 62.2 Å². The van der Waals surface area contributed by atoms with Crippen LogP contribution >= 0.6 is 0 Å². The SMILES string of the molecule is C1CCCCC1.CC(=O)c1ccc(NC(=O)N2CCC(=O)N3[C@@H]2CN(CCc2ccc(F)cc2)C(=O)[C@@H]3C)cc1. The second-order valence-corrected chi connectivity index (χ2v) is 10.7. The molecule has 0 radical (unpaired) electrons. The fraction of sp³-hybridized carbons (Fsp3) is 0.484. The molecule has 1 saturated carbocycles. The molecule has 0 unspecified atom stereocenters. The van der Waals surface area contributed by atoms with E-state index in [1.807, 2.05) is 0 Å². The third-order valence-corrected chi connectivity index (χ3v) is 7.89. The topological polar surface area (TPSA) is 90.0 Å². The molecule has 9 heteroatoms. The van der Waals surface area contributed by atoms with Crippen LogP contribution in [0.5, 0.6) is 0 Å². The number of anilines is 1. The number of halogens is 1. The first kappa shape index (κ1) is 29.2. The molecule has 0 aromatic heterocycles. The quantitative estimate of drug-likeness (QED) is 0.516. The van der Waals surface area contributed by atoms with Crippen LogP contribution in [0, 0.1) is 5.82 Å². The Kier molecular flexibility index (Phi) is 9.90. The normalized spacial score (nSPS) is 20.8. The van der Waals surface area contributed by atoms with Gasteiger partial charge in [0.15, 0.2) is 5.78 Å². The molecule has 40 heavy (non-hydrogen) atoms. The van der Waals surface area contributed by atoms with Crippen molar-refractivity contribution >= 4 is 29.3 Å². The molecule has 2 aliphatic heterocycles. The lowest BCUT2D eigenvalue weighted by molar-refractivity contribution is -0.165. The summed E-state index contributed by atoms with van der Waals surface area (Å²) in [5, 5.41) is 2.83. The highest BCUT2D eigenvalue weighted by Crippen LogP contribution is 2.26. The number of ketones is 1. The number of carbonyl (C=O) groups excluding carboxylic acids is 4. The predicted octanol–water partition coefficient (Wildman–Crippen LogP) is 5.23. The Morgan fingerprint density at radius 3 is 2.10 bits per heavy atom. The fourth-order valence-electron chi connectivity index (χ4n) is 5.54. The number of nitrogens with one attached hydrogen (secondary N) is 1. The highest BCUT2D eigenvalue weighted by molar-refractivity contribution is 5.96. The molecule has 3 aliphatic rings. The zero-order chi connectivity index (χ0) is 28.6. The Morgan fingerprint density at radius 1 is 0.925 bits per heavy atom. The molecule has 0 bridgehead atoms. The average Bonchev–Trinajstić information content (AvgIpc) is 2.96. The number of piperazine rings is 1.